The van der Waals surface area contributed by atoms with Gasteiger partial charge in [0.2, 0.25) is 17.7 Å². The van der Waals surface area contributed by atoms with Crippen molar-refractivity contribution >= 4 is 29.3 Å². The van der Waals surface area contributed by atoms with E-state index in [4.69, 9.17) is 0 Å². The molecule has 1 saturated heterocycles. The fourth-order valence-corrected chi connectivity index (χ4v) is 4.45. The van der Waals surface area contributed by atoms with Gasteiger partial charge in [-0.1, -0.05) is 18.2 Å². The molecule has 2 aliphatic carbocycles. The number of allylic oxidation sites excluding steroid dienone is 2. The van der Waals surface area contributed by atoms with Crippen LogP contribution in [0.1, 0.15) is 16.8 Å². The lowest BCUT2D eigenvalue weighted by molar-refractivity contribution is -0.143. The molecule has 140 valence electrons. The number of nitrogens with zero attached hydrogens (tertiary/aromatic N) is 2. The number of amides is 4. The maximum absolute atomic E-state index is 12.6. The topological polar surface area (TPSA) is 86.8 Å². The number of nitrogens with one attached hydrogen (secondary N) is 1. The van der Waals surface area contributed by atoms with Gasteiger partial charge in [0.05, 0.1) is 11.8 Å². The maximum Gasteiger partial charge on any atom is 0.253 e. The van der Waals surface area contributed by atoms with E-state index in [1.807, 2.05) is 12.2 Å². The summed E-state index contributed by atoms with van der Waals surface area (Å²) in [6.45, 7) is -0.296. The number of fused-ring (bicyclic) bond motifs is 5. The average Bonchev–Trinajstić information content (AvgIpc) is 3.31. The molecule has 7 nitrogen and oxygen atoms in total. The molecule has 4 amide bonds. The van der Waals surface area contributed by atoms with E-state index < -0.39 is 5.91 Å². The number of rotatable bonds is 4. The van der Waals surface area contributed by atoms with Crippen molar-refractivity contribution in [2.45, 2.75) is 6.42 Å². The summed E-state index contributed by atoms with van der Waals surface area (Å²) >= 11 is 0. The fraction of sp³-hybridized carbons (Fsp3) is 0.400. The smallest absolute Gasteiger partial charge is 0.253 e. The van der Waals surface area contributed by atoms with Gasteiger partial charge in [0, 0.05) is 25.3 Å². The lowest BCUT2D eigenvalue weighted by Crippen LogP contribution is -2.39. The van der Waals surface area contributed by atoms with E-state index in [2.05, 4.69) is 5.32 Å². The first-order chi connectivity index (χ1) is 12.9. The molecule has 1 N–H and O–H groups in total. The van der Waals surface area contributed by atoms with Crippen LogP contribution in [0.25, 0.3) is 0 Å². The summed E-state index contributed by atoms with van der Waals surface area (Å²) in [7, 11) is 3.30. The standard InChI is InChI=1S/C20H21N3O4/c1-22(2)18(25)13-4-3-5-14(9-13)21-15(24)10-23-19(26)16-11-6-7-12(8-11)17(16)20(23)27/h3-7,9,11-12,16-17H,8,10H2,1-2H3,(H,21,24). The Hall–Kier alpha value is -2.96. The highest BCUT2D eigenvalue weighted by Gasteiger charge is 2.59. The molecule has 1 heterocycles. The Morgan fingerprint density at radius 2 is 1.74 bits per heavy atom. The Labute approximate surface area is 157 Å². The van der Waals surface area contributed by atoms with Crippen molar-refractivity contribution in [2.24, 2.45) is 23.7 Å². The third-order valence-corrected chi connectivity index (χ3v) is 5.66. The fourth-order valence-electron chi connectivity index (χ4n) is 4.45. The summed E-state index contributed by atoms with van der Waals surface area (Å²) in [4.78, 5) is 52.2. The molecule has 1 aliphatic heterocycles. The van der Waals surface area contributed by atoms with Crippen LogP contribution in [0.5, 0.6) is 0 Å². The predicted octanol–water partition coefficient (Wildman–Crippen LogP) is 1.13. The van der Waals surface area contributed by atoms with Gasteiger partial charge in [-0.05, 0) is 36.5 Å². The van der Waals surface area contributed by atoms with Crippen molar-refractivity contribution in [1.29, 1.82) is 0 Å². The normalized spacial score (nSPS) is 27.9. The lowest BCUT2D eigenvalue weighted by Gasteiger charge is -2.17. The molecule has 1 aromatic rings. The van der Waals surface area contributed by atoms with Crippen LogP contribution in [0.15, 0.2) is 36.4 Å². The van der Waals surface area contributed by atoms with Crippen LogP contribution in [0.3, 0.4) is 0 Å². The zero-order valence-corrected chi connectivity index (χ0v) is 15.2. The minimum absolute atomic E-state index is 0.123. The number of hydrogen-bond donors (Lipinski definition) is 1. The molecule has 7 heteroatoms. The summed E-state index contributed by atoms with van der Waals surface area (Å²) in [5.41, 5.74) is 0.900. The second kappa shape index (κ2) is 6.33. The SMILES string of the molecule is CN(C)C(=O)c1cccc(NC(=O)CN2C(=O)C3C4C=CC(C4)C3C2=O)c1. The first-order valence-corrected chi connectivity index (χ1v) is 9.02. The van der Waals surface area contributed by atoms with Gasteiger partial charge in [-0.25, -0.2) is 0 Å². The number of anilines is 1. The molecule has 0 radical (unpaired) electrons. The van der Waals surface area contributed by atoms with Crippen molar-refractivity contribution in [3.63, 3.8) is 0 Å². The largest absolute Gasteiger partial charge is 0.345 e. The molecule has 4 atom stereocenters. The molecule has 1 aromatic carbocycles. The minimum atomic E-state index is -0.452. The Kier molecular flexibility index (Phi) is 4.09. The monoisotopic (exact) mass is 367 g/mol. The van der Waals surface area contributed by atoms with Crippen molar-refractivity contribution in [3.8, 4) is 0 Å². The minimum Gasteiger partial charge on any atom is -0.345 e. The number of carbonyl (C=O) groups excluding carboxylic acids is 4. The molecule has 4 rings (SSSR count). The third kappa shape index (κ3) is 2.83. The predicted molar refractivity (Wildman–Crippen MR) is 97.5 cm³/mol. The Bertz CT molecular complexity index is 846. The van der Waals surface area contributed by atoms with Crippen LogP contribution >= 0.6 is 0 Å². The number of carbonyl (C=O) groups is 4. The Morgan fingerprint density at radius 1 is 1.11 bits per heavy atom. The number of imide groups is 1. The number of likely N-dealkylation sites (tertiary alicyclic amines) is 1. The highest BCUT2D eigenvalue weighted by atomic mass is 16.2. The summed E-state index contributed by atoms with van der Waals surface area (Å²) in [5, 5.41) is 2.68. The van der Waals surface area contributed by atoms with E-state index in [1.54, 1.807) is 38.4 Å². The summed E-state index contributed by atoms with van der Waals surface area (Å²) in [6.07, 6.45) is 4.90. The van der Waals surface area contributed by atoms with Gasteiger partial charge in [0.25, 0.3) is 5.91 Å². The maximum atomic E-state index is 12.6. The van der Waals surface area contributed by atoms with Crippen LogP contribution < -0.4 is 5.32 Å². The van der Waals surface area contributed by atoms with Crippen LogP contribution in [-0.4, -0.2) is 54.1 Å². The molecule has 3 aliphatic rings. The highest BCUT2D eigenvalue weighted by Crippen LogP contribution is 2.52. The van der Waals surface area contributed by atoms with Gasteiger partial charge >= 0.3 is 0 Å². The number of benzene rings is 1. The molecular weight excluding hydrogens is 346 g/mol. The van der Waals surface area contributed by atoms with Crippen molar-refractivity contribution in [3.05, 3.63) is 42.0 Å². The quantitative estimate of drug-likeness (QED) is 0.639. The molecular formula is C20H21N3O4. The van der Waals surface area contributed by atoms with Crippen LogP contribution in [0.2, 0.25) is 0 Å². The van der Waals surface area contributed by atoms with E-state index in [0.29, 0.717) is 11.3 Å². The highest BCUT2D eigenvalue weighted by molar-refractivity contribution is 6.09. The summed E-state index contributed by atoms with van der Waals surface area (Å²) in [5.74, 6) is -1.47. The van der Waals surface area contributed by atoms with Crippen molar-refractivity contribution < 1.29 is 19.2 Å². The van der Waals surface area contributed by atoms with E-state index in [1.165, 1.54) is 4.90 Å². The molecule has 0 spiro atoms. The zero-order valence-electron chi connectivity index (χ0n) is 15.2. The van der Waals surface area contributed by atoms with E-state index in [9.17, 15) is 19.2 Å². The van der Waals surface area contributed by atoms with Gasteiger partial charge in [0.15, 0.2) is 0 Å². The molecule has 4 unspecified atom stereocenters. The van der Waals surface area contributed by atoms with E-state index >= 15 is 0 Å². The van der Waals surface area contributed by atoms with E-state index in [-0.39, 0.29) is 47.9 Å². The van der Waals surface area contributed by atoms with Gasteiger partial charge in [-0.15, -0.1) is 0 Å². The summed E-state index contributed by atoms with van der Waals surface area (Å²) < 4.78 is 0. The summed E-state index contributed by atoms with van der Waals surface area (Å²) in [6, 6.07) is 6.57. The molecule has 2 fully saturated rings. The van der Waals surface area contributed by atoms with Crippen molar-refractivity contribution in [1.82, 2.24) is 9.80 Å². The Balaban J connectivity index is 1.43. The van der Waals surface area contributed by atoms with Crippen molar-refractivity contribution in [2.75, 3.05) is 26.0 Å². The first-order valence-electron chi connectivity index (χ1n) is 9.02. The zero-order chi connectivity index (χ0) is 19.3. The van der Waals surface area contributed by atoms with Gasteiger partial charge in [-0.2, -0.15) is 0 Å². The first kappa shape index (κ1) is 17.5. The van der Waals surface area contributed by atoms with Crippen LogP contribution in [0, 0.1) is 23.7 Å². The molecule has 1 saturated carbocycles. The number of hydrogen-bond acceptors (Lipinski definition) is 4. The van der Waals surface area contributed by atoms with Crippen LogP contribution in [0.4, 0.5) is 5.69 Å². The Morgan fingerprint density at radius 3 is 2.33 bits per heavy atom. The average molecular weight is 367 g/mol. The van der Waals surface area contributed by atoms with Gasteiger partial charge < -0.3 is 10.2 Å². The van der Waals surface area contributed by atoms with E-state index in [0.717, 1.165) is 11.3 Å². The second-order valence-electron chi connectivity index (χ2n) is 7.59. The molecule has 2 bridgehead atoms. The lowest BCUT2D eigenvalue weighted by atomic mass is 9.85. The third-order valence-electron chi connectivity index (χ3n) is 5.66. The van der Waals surface area contributed by atoms with Crippen LogP contribution in [-0.2, 0) is 14.4 Å². The molecule has 27 heavy (non-hydrogen) atoms. The van der Waals surface area contributed by atoms with Gasteiger partial charge in [0.1, 0.15) is 6.54 Å². The molecule has 0 aromatic heterocycles. The van der Waals surface area contributed by atoms with Gasteiger partial charge in [-0.3, -0.25) is 24.1 Å². The second-order valence-corrected chi connectivity index (χ2v) is 7.59.